The zero-order chi connectivity index (χ0) is 14.9. The van der Waals surface area contributed by atoms with Crippen LogP contribution < -0.4 is 4.90 Å². The van der Waals surface area contributed by atoms with Crippen LogP contribution in [0.1, 0.15) is 18.5 Å². The molecule has 1 aromatic heterocycles. The van der Waals surface area contributed by atoms with Gasteiger partial charge in [-0.05, 0) is 43.0 Å². The second-order valence-corrected chi connectivity index (χ2v) is 6.07. The van der Waals surface area contributed by atoms with Gasteiger partial charge in [0.1, 0.15) is 0 Å². The Hall–Kier alpha value is -2.35. The summed E-state index contributed by atoms with van der Waals surface area (Å²) in [5.74, 6) is 0. The van der Waals surface area contributed by atoms with Gasteiger partial charge in [0.2, 0.25) is 0 Å². The molecule has 2 heterocycles. The largest absolute Gasteiger partial charge is 0.371 e. The summed E-state index contributed by atoms with van der Waals surface area (Å²) in [4.78, 5) is 7.27. The van der Waals surface area contributed by atoms with Gasteiger partial charge in [-0.15, -0.1) is 0 Å². The maximum atomic E-state index is 4.77. The lowest BCUT2D eigenvalue weighted by Crippen LogP contribution is -2.18. The van der Waals surface area contributed by atoms with Crippen LogP contribution in [-0.2, 0) is 0 Å². The molecule has 0 bridgehead atoms. The maximum Gasteiger partial charge on any atom is 0.0732 e. The molecule has 1 saturated heterocycles. The van der Waals surface area contributed by atoms with Crippen molar-refractivity contribution in [3.8, 4) is 11.1 Å². The Morgan fingerprint density at radius 3 is 2.41 bits per heavy atom. The van der Waals surface area contributed by atoms with Crippen molar-refractivity contribution in [3.05, 3.63) is 60.3 Å². The van der Waals surface area contributed by atoms with Gasteiger partial charge in [0.25, 0.3) is 0 Å². The summed E-state index contributed by atoms with van der Waals surface area (Å²) in [5.41, 5.74) is 6.02. The van der Waals surface area contributed by atoms with Crippen molar-refractivity contribution in [3.63, 3.8) is 0 Å². The molecule has 4 rings (SSSR count). The molecule has 0 atom stereocenters. The average molecular weight is 288 g/mol. The minimum absolute atomic E-state index is 1.10. The van der Waals surface area contributed by atoms with E-state index in [0.717, 1.165) is 11.2 Å². The highest BCUT2D eigenvalue weighted by molar-refractivity contribution is 5.94. The molecule has 0 unspecified atom stereocenters. The predicted octanol–water partition coefficient (Wildman–Crippen LogP) is 4.81. The second kappa shape index (κ2) is 5.45. The first-order valence-corrected chi connectivity index (χ1v) is 8.03. The molecular weight excluding hydrogens is 268 g/mol. The smallest absolute Gasteiger partial charge is 0.0732 e. The van der Waals surface area contributed by atoms with E-state index in [1.54, 1.807) is 0 Å². The Morgan fingerprint density at radius 2 is 1.64 bits per heavy atom. The zero-order valence-corrected chi connectivity index (χ0v) is 12.9. The lowest BCUT2D eigenvalue weighted by atomic mass is 10.0. The van der Waals surface area contributed by atoms with E-state index in [1.165, 1.54) is 48.1 Å². The van der Waals surface area contributed by atoms with E-state index < -0.39 is 0 Å². The molecule has 0 amide bonds. The van der Waals surface area contributed by atoms with Crippen LogP contribution in [0.5, 0.6) is 0 Å². The third-order valence-corrected chi connectivity index (χ3v) is 4.47. The van der Waals surface area contributed by atoms with Crippen LogP contribution in [0.2, 0.25) is 0 Å². The van der Waals surface area contributed by atoms with E-state index in [2.05, 4.69) is 66.4 Å². The first kappa shape index (κ1) is 13.3. The molecule has 0 saturated carbocycles. The van der Waals surface area contributed by atoms with E-state index >= 15 is 0 Å². The van der Waals surface area contributed by atoms with E-state index in [1.807, 2.05) is 0 Å². The number of benzene rings is 2. The molecule has 2 aromatic carbocycles. The number of anilines is 1. The lowest BCUT2D eigenvalue weighted by molar-refractivity contribution is 0.949. The molecule has 2 nitrogen and oxygen atoms in total. The fourth-order valence-corrected chi connectivity index (χ4v) is 3.37. The molecule has 0 spiro atoms. The lowest BCUT2D eigenvalue weighted by Gasteiger charge is -2.20. The summed E-state index contributed by atoms with van der Waals surface area (Å²) in [7, 11) is 0. The zero-order valence-electron chi connectivity index (χ0n) is 12.9. The van der Waals surface area contributed by atoms with Crippen LogP contribution in [0, 0.1) is 6.92 Å². The number of hydrogen-bond donors (Lipinski definition) is 0. The molecule has 0 N–H and O–H groups in total. The summed E-state index contributed by atoms with van der Waals surface area (Å²) >= 11 is 0. The van der Waals surface area contributed by atoms with Gasteiger partial charge in [-0.2, -0.15) is 0 Å². The van der Waals surface area contributed by atoms with Gasteiger partial charge in [0, 0.05) is 29.9 Å². The molecule has 1 fully saturated rings. The third-order valence-electron chi connectivity index (χ3n) is 4.47. The summed E-state index contributed by atoms with van der Waals surface area (Å²) in [5, 5.41) is 1.27. The first-order valence-electron chi connectivity index (χ1n) is 8.03. The van der Waals surface area contributed by atoms with Crippen molar-refractivity contribution >= 4 is 16.6 Å². The minimum atomic E-state index is 1.10. The number of aromatic nitrogens is 1. The number of rotatable bonds is 2. The molecule has 110 valence electrons. The molecule has 2 heteroatoms. The average Bonchev–Trinajstić information content (AvgIpc) is 3.08. The number of nitrogens with zero attached hydrogens (tertiary/aromatic N) is 2. The quantitative estimate of drug-likeness (QED) is 0.672. The van der Waals surface area contributed by atoms with Gasteiger partial charge in [-0.25, -0.2) is 0 Å². The van der Waals surface area contributed by atoms with Gasteiger partial charge in [0.15, 0.2) is 0 Å². The van der Waals surface area contributed by atoms with E-state index in [-0.39, 0.29) is 0 Å². The molecule has 1 aliphatic rings. The Morgan fingerprint density at radius 1 is 0.864 bits per heavy atom. The topological polar surface area (TPSA) is 16.1 Å². The highest BCUT2D eigenvalue weighted by Gasteiger charge is 2.16. The van der Waals surface area contributed by atoms with E-state index in [9.17, 15) is 0 Å². The van der Waals surface area contributed by atoms with Crippen LogP contribution in [-0.4, -0.2) is 18.1 Å². The fraction of sp³-hybridized carbons (Fsp3) is 0.250. The Bertz CT molecular complexity index is 803. The monoisotopic (exact) mass is 288 g/mol. The number of fused-ring (bicyclic) bond motifs is 1. The Balaban J connectivity index is 1.86. The van der Waals surface area contributed by atoms with Gasteiger partial charge < -0.3 is 4.90 Å². The van der Waals surface area contributed by atoms with Crippen LogP contribution >= 0.6 is 0 Å². The highest BCUT2D eigenvalue weighted by atomic mass is 15.1. The van der Waals surface area contributed by atoms with Crippen molar-refractivity contribution in [1.82, 2.24) is 4.98 Å². The first-order chi connectivity index (χ1) is 10.8. The Kier molecular flexibility index (Phi) is 3.30. The molecule has 1 aliphatic heterocycles. The normalized spacial score (nSPS) is 14.7. The van der Waals surface area contributed by atoms with Gasteiger partial charge >= 0.3 is 0 Å². The standard InChI is InChI=1S/C20H20N2/c1-15-13-20(22-11-5-6-12-22)18-10-9-17(14-19(18)21-15)16-7-3-2-4-8-16/h2-4,7-10,13-14H,5-6,11-12H2,1H3. The molecule has 3 aromatic rings. The van der Waals surface area contributed by atoms with Gasteiger partial charge in [-0.3, -0.25) is 4.98 Å². The van der Waals surface area contributed by atoms with Crippen molar-refractivity contribution < 1.29 is 0 Å². The summed E-state index contributed by atoms with van der Waals surface area (Å²) in [6.45, 7) is 4.42. The SMILES string of the molecule is Cc1cc(N2CCCC2)c2ccc(-c3ccccc3)cc2n1. The van der Waals surface area contributed by atoms with Crippen molar-refractivity contribution in [2.45, 2.75) is 19.8 Å². The van der Waals surface area contributed by atoms with E-state index in [4.69, 9.17) is 4.98 Å². The van der Waals surface area contributed by atoms with Crippen LogP contribution in [0.25, 0.3) is 22.0 Å². The maximum absolute atomic E-state index is 4.77. The van der Waals surface area contributed by atoms with Crippen LogP contribution in [0.3, 0.4) is 0 Å². The van der Waals surface area contributed by atoms with E-state index in [0.29, 0.717) is 0 Å². The summed E-state index contributed by atoms with van der Waals surface area (Å²) in [6.07, 6.45) is 2.59. The molecule has 0 aliphatic carbocycles. The predicted molar refractivity (Wildman–Crippen MR) is 93.4 cm³/mol. The summed E-state index contributed by atoms with van der Waals surface area (Å²) < 4.78 is 0. The van der Waals surface area contributed by atoms with Gasteiger partial charge in [0.05, 0.1) is 5.52 Å². The molecular formula is C20H20N2. The van der Waals surface area contributed by atoms with Gasteiger partial charge in [-0.1, -0.05) is 42.5 Å². The number of pyridine rings is 1. The second-order valence-electron chi connectivity index (χ2n) is 6.07. The van der Waals surface area contributed by atoms with Crippen molar-refractivity contribution in [1.29, 1.82) is 0 Å². The Labute approximate surface area is 131 Å². The van der Waals surface area contributed by atoms with Crippen molar-refractivity contribution in [2.24, 2.45) is 0 Å². The highest BCUT2D eigenvalue weighted by Crippen LogP contribution is 2.32. The molecule has 0 radical (unpaired) electrons. The summed E-state index contributed by atoms with van der Waals surface area (Å²) in [6, 6.07) is 19.4. The van der Waals surface area contributed by atoms with Crippen molar-refractivity contribution in [2.75, 3.05) is 18.0 Å². The third kappa shape index (κ3) is 2.35. The van der Waals surface area contributed by atoms with Crippen LogP contribution in [0.4, 0.5) is 5.69 Å². The molecule has 22 heavy (non-hydrogen) atoms. The fourth-order valence-electron chi connectivity index (χ4n) is 3.37. The number of hydrogen-bond acceptors (Lipinski definition) is 2. The van der Waals surface area contributed by atoms with Crippen LogP contribution in [0.15, 0.2) is 54.6 Å². The number of aryl methyl sites for hydroxylation is 1. The minimum Gasteiger partial charge on any atom is -0.371 e.